The number of aromatic nitrogens is 2. The molecule has 0 saturated carbocycles. The van der Waals surface area contributed by atoms with Gasteiger partial charge in [-0.25, -0.2) is 4.98 Å². The molecule has 5 rings (SSSR count). The predicted octanol–water partition coefficient (Wildman–Crippen LogP) is 3.16. The lowest BCUT2D eigenvalue weighted by molar-refractivity contribution is -0.131. The molecule has 8 nitrogen and oxygen atoms in total. The molecule has 0 aliphatic carbocycles. The largest absolute Gasteiger partial charge is 0.497 e. The number of likely N-dealkylation sites (N-methyl/N-ethyl adjacent to an activating group) is 1. The van der Waals surface area contributed by atoms with E-state index in [1.807, 2.05) is 59.5 Å². The van der Waals surface area contributed by atoms with Gasteiger partial charge >= 0.3 is 0 Å². The van der Waals surface area contributed by atoms with Crippen molar-refractivity contribution in [3.05, 3.63) is 71.4 Å². The summed E-state index contributed by atoms with van der Waals surface area (Å²) in [4.78, 5) is 29.3. The molecule has 1 saturated heterocycles. The van der Waals surface area contributed by atoms with E-state index in [2.05, 4.69) is 16.8 Å². The van der Waals surface area contributed by atoms with Gasteiger partial charge in [-0.3, -0.25) is 4.79 Å². The molecule has 1 aromatic heterocycles. The number of carbonyl (C=O) groups excluding carboxylic acids is 1. The summed E-state index contributed by atoms with van der Waals surface area (Å²) >= 11 is 0. The van der Waals surface area contributed by atoms with Crippen LogP contribution in [0.25, 0.3) is 0 Å². The number of carbonyl (C=O) groups is 1. The van der Waals surface area contributed by atoms with E-state index in [1.165, 1.54) is 0 Å². The minimum Gasteiger partial charge on any atom is -0.497 e. The van der Waals surface area contributed by atoms with Crippen molar-refractivity contribution in [2.24, 2.45) is 0 Å². The highest BCUT2D eigenvalue weighted by Gasteiger charge is 2.28. The van der Waals surface area contributed by atoms with Gasteiger partial charge in [0, 0.05) is 39.1 Å². The Hall–Kier alpha value is -3.65. The van der Waals surface area contributed by atoms with Gasteiger partial charge in [0.1, 0.15) is 11.5 Å². The van der Waals surface area contributed by atoms with E-state index in [1.54, 1.807) is 7.11 Å². The van der Waals surface area contributed by atoms with Crippen molar-refractivity contribution in [3.8, 4) is 17.4 Å². The molecule has 2 aliphatic rings. The maximum Gasteiger partial charge on any atom is 0.229 e. The maximum absolute atomic E-state index is 13.1. The molecule has 0 bridgehead atoms. The first-order chi connectivity index (χ1) is 17.1. The molecule has 0 atom stereocenters. The zero-order valence-corrected chi connectivity index (χ0v) is 20.3. The first kappa shape index (κ1) is 23.1. The Kier molecular flexibility index (Phi) is 6.81. The van der Waals surface area contributed by atoms with Gasteiger partial charge in [0.05, 0.1) is 31.3 Å². The highest BCUT2D eigenvalue weighted by Crippen LogP contribution is 2.32. The van der Waals surface area contributed by atoms with Gasteiger partial charge < -0.3 is 24.2 Å². The van der Waals surface area contributed by atoms with Crippen LogP contribution in [0.3, 0.4) is 0 Å². The zero-order valence-electron chi connectivity index (χ0n) is 20.3. The molecule has 0 N–H and O–H groups in total. The molecule has 35 heavy (non-hydrogen) atoms. The third-order valence-corrected chi connectivity index (χ3v) is 6.62. The number of amides is 1. The number of para-hydroxylation sites is 1. The van der Waals surface area contributed by atoms with Crippen LogP contribution in [0, 0.1) is 0 Å². The number of ether oxygens (including phenoxy) is 2. The number of methoxy groups -OCH3 is 1. The molecule has 0 radical (unpaired) electrons. The maximum atomic E-state index is 13.1. The van der Waals surface area contributed by atoms with Crippen molar-refractivity contribution in [2.45, 2.75) is 19.4 Å². The van der Waals surface area contributed by atoms with E-state index in [0.29, 0.717) is 37.8 Å². The zero-order chi connectivity index (χ0) is 24.2. The van der Waals surface area contributed by atoms with E-state index in [0.717, 1.165) is 54.5 Å². The average Bonchev–Trinajstić information content (AvgIpc) is 2.90. The molecular formula is C27H31N5O3. The summed E-state index contributed by atoms with van der Waals surface area (Å²) in [6.45, 7) is 4.78. The summed E-state index contributed by atoms with van der Waals surface area (Å²) in [5.41, 5.74) is 2.82. The summed E-state index contributed by atoms with van der Waals surface area (Å²) in [6.07, 6.45) is 1.02. The number of rotatable bonds is 6. The number of fused-ring (bicyclic) bond motifs is 1. The summed E-state index contributed by atoms with van der Waals surface area (Å²) in [5.74, 6) is 2.83. The topological polar surface area (TPSA) is 71.0 Å². The fraction of sp³-hybridized carbons (Fsp3) is 0.370. The van der Waals surface area contributed by atoms with Gasteiger partial charge in [-0.2, -0.15) is 4.98 Å². The standard InChI is InChI=1S/C27H31N5O3/c1-30-14-16-31(17-15-30)27-28-24-12-13-32(25(33)18-20-8-10-21(34-2)11-9-20)19-23(24)26(29-27)35-22-6-4-3-5-7-22/h3-11H,12-19H2,1-2H3. The Balaban J connectivity index is 1.39. The van der Waals surface area contributed by atoms with Crippen LogP contribution < -0.4 is 14.4 Å². The van der Waals surface area contributed by atoms with Gasteiger partial charge in [-0.05, 0) is 36.9 Å². The van der Waals surface area contributed by atoms with Crippen molar-refractivity contribution >= 4 is 11.9 Å². The molecule has 1 fully saturated rings. The van der Waals surface area contributed by atoms with E-state index in [9.17, 15) is 4.79 Å². The molecule has 0 unspecified atom stereocenters. The Morgan fingerprint density at radius 1 is 0.914 bits per heavy atom. The lowest BCUT2D eigenvalue weighted by atomic mass is 10.0. The highest BCUT2D eigenvalue weighted by atomic mass is 16.5. The normalized spacial score (nSPS) is 16.1. The van der Waals surface area contributed by atoms with Gasteiger partial charge in [0.2, 0.25) is 17.7 Å². The van der Waals surface area contributed by atoms with Crippen LogP contribution in [0.4, 0.5) is 5.95 Å². The Morgan fingerprint density at radius 2 is 1.66 bits per heavy atom. The van der Waals surface area contributed by atoms with E-state index >= 15 is 0 Å². The molecule has 2 aliphatic heterocycles. The van der Waals surface area contributed by atoms with Crippen LogP contribution in [-0.2, 0) is 24.2 Å². The van der Waals surface area contributed by atoms with Crippen LogP contribution >= 0.6 is 0 Å². The van der Waals surface area contributed by atoms with Crippen LogP contribution in [0.1, 0.15) is 16.8 Å². The molecule has 2 aromatic carbocycles. The quantitative estimate of drug-likeness (QED) is 0.545. The smallest absolute Gasteiger partial charge is 0.229 e. The Bertz CT molecular complexity index is 1160. The summed E-state index contributed by atoms with van der Waals surface area (Å²) < 4.78 is 11.5. The van der Waals surface area contributed by atoms with Crippen molar-refractivity contribution in [3.63, 3.8) is 0 Å². The van der Waals surface area contributed by atoms with Crippen LogP contribution in [0.5, 0.6) is 17.4 Å². The minimum absolute atomic E-state index is 0.0784. The molecule has 182 valence electrons. The summed E-state index contributed by atoms with van der Waals surface area (Å²) in [6, 6.07) is 17.3. The van der Waals surface area contributed by atoms with Crippen molar-refractivity contribution in [2.75, 3.05) is 51.8 Å². The number of benzene rings is 2. The van der Waals surface area contributed by atoms with Crippen molar-refractivity contribution < 1.29 is 14.3 Å². The van der Waals surface area contributed by atoms with Gasteiger partial charge in [0.15, 0.2) is 0 Å². The second-order valence-corrected chi connectivity index (χ2v) is 9.05. The van der Waals surface area contributed by atoms with Crippen LogP contribution in [0.2, 0.25) is 0 Å². The second kappa shape index (κ2) is 10.3. The van der Waals surface area contributed by atoms with Crippen molar-refractivity contribution in [1.82, 2.24) is 19.8 Å². The third kappa shape index (κ3) is 5.38. The number of anilines is 1. The molecular weight excluding hydrogens is 442 g/mol. The number of piperazine rings is 1. The fourth-order valence-corrected chi connectivity index (χ4v) is 4.45. The molecule has 1 amide bonds. The lowest BCUT2D eigenvalue weighted by Gasteiger charge is -2.34. The average molecular weight is 474 g/mol. The number of hydrogen-bond donors (Lipinski definition) is 0. The minimum atomic E-state index is 0.0784. The number of hydrogen-bond acceptors (Lipinski definition) is 7. The van der Waals surface area contributed by atoms with E-state index < -0.39 is 0 Å². The highest BCUT2D eigenvalue weighted by molar-refractivity contribution is 5.79. The number of nitrogens with zero attached hydrogens (tertiary/aromatic N) is 5. The fourth-order valence-electron chi connectivity index (χ4n) is 4.45. The molecule has 0 spiro atoms. The van der Waals surface area contributed by atoms with E-state index in [-0.39, 0.29) is 5.91 Å². The Morgan fingerprint density at radius 3 is 2.37 bits per heavy atom. The van der Waals surface area contributed by atoms with Crippen LogP contribution in [0.15, 0.2) is 54.6 Å². The third-order valence-electron chi connectivity index (χ3n) is 6.62. The summed E-state index contributed by atoms with van der Waals surface area (Å²) in [7, 11) is 3.77. The molecule has 3 aromatic rings. The SMILES string of the molecule is COc1ccc(CC(=O)N2CCc3nc(N4CCN(C)CC4)nc(Oc4ccccc4)c3C2)cc1. The van der Waals surface area contributed by atoms with Gasteiger partial charge in [-0.1, -0.05) is 30.3 Å². The first-order valence-corrected chi connectivity index (χ1v) is 12.1. The second-order valence-electron chi connectivity index (χ2n) is 9.05. The molecule has 3 heterocycles. The monoisotopic (exact) mass is 473 g/mol. The Labute approximate surface area is 206 Å². The van der Waals surface area contributed by atoms with Gasteiger partial charge in [0.25, 0.3) is 0 Å². The van der Waals surface area contributed by atoms with Crippen LogP contribution in [-0.4, -0.2) is 72.6 Å². The first-order valence-electron chi connectivity index (χ1n) is 12.1. The molecule has 8 heteroatoms. The van der Waals surface area contributed by atoms with E-state index in [4.69, 9.17) is 19.4 Å². The van der Waals surface area contributed by atoms with Gasteiger partial charge in [-0.15, -0.1) is 0 Å². The predicted molar refractivity (Wildman–Crippen MR) is 134 cm³/mol. The van der Waals surface area contributed by atoms with Crippen molar-refractivity contribution in [1.29, 1.82) is 0 Å². The summed E-state index contributed by atoms with van der Waals surface area (Å²) in [5, 5.41) is 0. The lowest BCUT2D eigenvalue weighted by Crippen LogP contribution is -2.45.